The van der Waals surface area contributed by atoms with E-state index in [2.05, 4.69) is 24.9 Å². The predicted octanol–water partition coefficient (Wildman–Crippen LogP) is 4.62. The maximum Gasteiger partial charge on any atom is 0.306 e. The highest BCUT2D eigenvalue weighted by Gasteiger charge is 2.34. The summed E-state index contributed by atoms with van der Waals surface area (Å²) in [6.45, 7) is 6.33. The smallest absolute Gasteiger partial charge is 0.306 e. The van der Waals surface area contributed by atoms with Crippen LogP contribution in [0.4, 0.5) is 0 Å². The first-order chi connectivity index (χ1) is 14.1. The number of thioether (sulfide) groups is 1. The van der Waals surface area contributed by atoms with E-state index in [1.165, 1.54) is 18.4 Å². The summed E-state index contributed by atoms with van der Waals surface area (Å²) in [5, 5.41) is 0. The second kappa shape index (κ2) is 11.0. The minimum absolute atomic E-state index is 0.104. The number of carbonyl (C=O) groups excluding carboxylic acids is 2. The average molecular weight is 419 g/mol. The molecule has 2 heterocycles. The third kappa shape index (κ3) is 6.73. The number of aromatic nitrogens is 1. The first-order valence-corrected chi connectivity index (χ1v) is 12.1. The van der Waals surface area contributed by atoms with Gasteiger partial charge in [-0.3, -0.25) is 14.6 Å². The maximum atomic E-state index is 12.3. The fourth-order valence-electron chi connectivity index (χ4n) is 3.68. The van der Waals surface area contributed by atoms with E-state index in [1.54, 1.807) is 11.8 Å². The number of esters is 1. The van der Waals surface area contributed by atoms with Crippen molar-refractivity contribution in [3.05, 3.63) is 23.5 Å². The molecule has 1 aromatic rings. The lowest BCUT2D eigenvalue weighted by molar-refractivity contribution is -0.144. The van der Waals surface area contributed by atoms with Crippen molar-refractivity contribution in [2.75, 3.05) is 18.9 Å². The summed E-state index contributed by atoms with van der Waals surface area (Å²) in [6.07, 6.45) is 9.85. The number of unbranched alkanes of at least 4 members (excludes halogenated alkanes) is 1. The first-order valence-electron chi connectivity index (χ1n) is 11.2. The Morgan fingerprint density at radius 2 is 2.17 bits per heavy atom. The Balaban J connectivity index is 1.39. The van der Waals surface area contributed by atoms with Gasteiger partial charge in [0.25, 0.3) is 0 Å². The van der Waals surface area contributed by atoms with Crippen molar-refractivity contribution in [2.45, 2.75) is 76.7 Å². The van der Waals surface area contributed by atoms with Gasteiger partial charge in [0, 0.05) is 29.3 Å². The summed E-state index contributed by atoms with van der Waals surface area (Å²) in [4.78, 5) is 31.9. The van der Waals surface area contributed by atoms with E-state index in [-0.39, 0.29) is 11.9 Å². The molecule has 0 radical (unpaired) electrons. The largest absolute Gasteiger partial charge is 0.465 e. The maximum absolute atomic E-state index is 12.3. The van der Waals surface area contributed by atoms with E-state index < -0.39 is 0 Å². The monoisotopic (exact) mass is 418 g/mol. The summed E-state index contributed by atoms with van der Waals surface area (Å²) in [5.41, 5.74) is 2.26. The molecule has 29 heavy (non-hydrogen) atoms. The molecular weight excluding hydrogens is 384 g/mol. The zero-order valence-electron chi connectivity index (χ0n) is 17.8. The van der Waals surface area contributed by atoms with Crippen LogP contribution in [0.5, 0.6) is 0 Å². The molecule has 2 aliphatic rings. The predicted molar refractivity (Wildman–Crippen MR) is 116 cm³/mol. The minimum atomic E-state index is -0.104. The Morgan fingerprint density at radius 1 is 1.34 bits per heavy atom. The van der Waals surface area contributed by atoms with Crippen LogP contribution < -0.4 is 0 Å². The Kier molecular flexibility index (Phi) is 8.40. The SMILES string of the molecule is CCCCC(CC)COC(=O)CCSc1cnc2c(c1)CCN(C(=O)C1CC1)C2. The zero-order chi connectivity index (χ0) is 20.6. The van der Waals surface area contributed by atoms with Gasteiger partial charge in [-0.05, 0) is 43.2 Å². The van der Waals surface area contributed by atoms with Gasteiger partial charge in [-0.1, -0.05) is 33.1 Å². The molecule has 1 aromatic heterocycles. The molecule has 0 spiro atoms. The highest BCUT2D eigenvalue weighted by atomic mass is 32.2. The molecule has 0 N–H and O–H groups in total. The van der Waals surface area contributed by atoms with Crippen LogP contribution in [-0.4, -0.2) is 40.7 Å². The van der Waals surface area contributed by atoms with Crippen LogP contribution in [0.3, 0.4) is 0 Å². The van der Waals surface area contributed by atoms with Crippen molar-refractivity contribution >= 4 is 23.6 Å². The highest BCUT2D eigenvalue weighted by Crippen LogP contribution is 2.33. The summed E-state index contributed by atoms with van der Waals surface area (Å²) >= 11 is 1.65. The number of fused-ring (bicyclic) bond motifs is 1. The van der Waals surface area contributed by atoms with Gasteiger partial charge in [0.15, 0.2) is 0 Å². The van der Waals surface area contributed by atoms with Crippen molar-refractivity contribution in [1.82, 2.24) is 9.88 Å². The van der Waals surface area contributed by atoms with Crippen LogP contribution >= 0.6 is 11.8 Å². The van der Waals surface area contributed by atoms with E-state index in [4.69, 9.17) is 4.74 Å². The number of hydrogen-bond acceptors (Lipinski definition) is 5. The third-order valence-corrected chi connectivity index (χ3v) is 6.83. The van der Waals surface area contributed by atoms with E-state index >= 15 is 0 Å². The van der Waals surface area contributed by atoms with Crippen LogP contribution in [0.1, 0.15) is 70.1 Å². The Morgan fingerprint density at radius 3 is 2.90 bits per heavy atom. The number of nitrogens with zero attached hydrogens (tertiary/aromatic N) is 2. The lowest BCUT2D eigenvalue weighted by Gasteiger charge is -2.28. The van der Waals surface area contributed by atoms with Gasteiger partial charge in [-0.15, -0.1) is 11.8 Å². The number of amides is 1. The molecule has 0 bridgehead atoms. The van der Waals surface area contributed by atoms with E-state index in [9.17, 15) is 9.59 Å². The van der Waals surface area contributed by atoms with Crippen LogP contribution in [0, 0.1) is 11.8 Å². The first kappa shape index (κ1) is 22.1. The standard InChI is InChI=1S/C23H34N2O3S/c1-3-5-6-17(4-2)16-28-22(26)10-12-29-20-13-19-9-11-25(15-21(19)24-14-20)23(27)18-7-8-18/h13-14,17-18H,3-12,15-16H2,1-2H3. The normalized spacial score (nSPS) is 17.0. The number of pyridine rings is 1. The van der Waals surface area contributed by atoms with Gasteiger partial charge in [0.1, 0.15) is 0 Å². The summed E-state index contributed by atoms with van der Waals surface area (Å²) in [7, 11) is 0. The molecule has 6 heteroatoms. The third-order valence-electron chi connectivity index (χ3n) is 5.86. The summed E-state index contributed by atoms with van der Waals surface area (Å²) in [5.74, 6) is 1.66. The topological polar surface area (TPSA) is 59.5 Å². The molecule has 1 unspecified atom stereocenters. The fourth-order valence-corrected chi connectivity index (χ4v) is 4.54. The molecule has 0 aromatic carbocycles. The number of rotatable bonds is 11. The van der Waals surface area contributed by atoms with Crippen LogP contribution in [0.15, 0.2) is 17.2 Å². The molecule has 3 rings (SSSR count). The van der Waals surface area contributed by atoms with Gasteiger partial charge in [0.2, 0.25) is 5.91 Å². The Bertz CT molecular complexity index is 705. The molecule has 1 saturated carbocycles. The van der Waals surface area contributed by atoms with Crippen molar-refractivity contribution < 1.29 is 14.3 Å². The van der Waals surface area contributed by atoms with Crippen molar-refractivity contribution in [3.63, 3.8) is 0 Å². The second-order valence-electron chi connectivity index (χ2n) is 8.26. The van der Waals surface area contributed by atoms with Gasteiger partial charge in [-0.2, -0.15) is 0 Å². The summed E-state index contributed by atoms with van der Waals surface area (Å²) in [6, 6.07) is 2.18. The molecule has 1 amide bonds. The second-order valence-corrected chi connectivity index (χ2v) is 9.43. The lowest BCUT2D eigenvalue weighted by atomic mass is 10.0. The molecule has 0 saturated heterocycles. The van der Waals surface area contributed by atoms with Gasteiger partial charge >= 0.3 is 5.97 Å². The van der Waals surface area contributed by atoms with Gasteiger partial charge < -0.3 is 9.64 Å². The molecule has 160 valence electrons. The van der Waals surface area contributed by atoms with E-state index in [0.717, 1.165) is 49.2 Å². The minimum Gasteiger partial charge on any atom is -0.465 e. The van der Waals surface area contributed by atoms with Crippen molar-refractivity contribution in [1.29, 1.82) is 0 Å². The van der Waals surface area contributed by atoms with Crippen LogP contribution in [0.2, 0.25) is 0 Å². The molecule has 1 fully saturated rings. The number of ether oxygens (including phenoxy) is 1. The molecule has 1 aliphatic heterocycles. The highest BCUT2D eigenvalue weighted by molar-refractivity contribution is 7.99. The molecular formula is C23H34N2O3S. The van der Waals surface area contributed by atoms with Crippen LogP contribution in [0.25, 0.3) is 0 Å². The molecule has 5 nitrogen and oxygen atoms in total. The van der Waals surface area contributed by atoms with E-state index in [0.29, 0.717) is 37.2 Å². The van der Waals surface area contributed by atoms with Gasteiger partial charge in [-0.25, -0.2) is 0 Å². The van der Waals surface area contributed by atoms with Gasteiger partial charge in [0.05, 0.1) is 25.3 Å². The number of hydrogen-bond donors (Lipinski definition) is 0. The Hall–Kier alpha value is -1.56. The Labute approximate surface area is 179 Å². The zero-order valence-corrected chi connectivity index (χ0v) is 18.6. The van der Waals surface area contributed by atoms with Crippen LogP contribution in [-0.2, 0) is 27.3 Å². The summed E-state index contributed by atoms with van der Waals surface area (Å²) < 4.78 is 5.47. The molecule has 1 atom stereocenters. The van der Waals surface area contributed by atoms with Crippen molar-refractivity contribution in [2.24, 2.45) is 11.8 Å². The molecule has 1 aliphatic carbocycles. The lowest BCUT2D eigenvalue weighted by Crippen LogP contribution is -2.37. The number of carbonyl (C=O) groups is 2. The van der Waals surface area contributed by atoms with Crippen molar-refractivity contribution in [3.8, 4) is 0 Å². The quantitative estimate of drug-likeness (QED) is 0.388. The fraction of sp³-hybridized carbons (Fsp3) is 0.696. The van der Waals surface area contributed by atoms with E-state index in [1.807, 2.05) is 11.1 Å². The average Bonchev–Trinajstić information content (AvgIpc) is 3.58.